The number of phenols is 1. The van der Waals surface area contributed by atoms with Crippen LogP contribution in [0.3, 0.4) is 0 Å². The molecule has 0 atom stereocenters. The van der Waals surface area contributed by atoms with Crippen molar-refractivity contribution in [2.45, 2.75) is 59.3 Å². The molecule has 0 unspecified atom stereocenters. The van der Waals surface area contributed by atoms with E-state index in [0.717, 1.165) is 5.75 Å². The summed E-state index contributed by atoms with van der Waals surface area (Å²) in [6, 6.07) is 5.58. The summed E-state index contributed by atoms with van der Waals surface area (Å²) in [4.78, 5) is 0. The molecule has 0 fully saturated rings. The highest BCUT2D eigenvalue weighted by Gasteiger charge is 2.43. The van der Waals surface area contributed by atoms with E-state index < -0.39 is 16.1 Å². The van der Waals surface area contributed by atoms with Crippen molar-refractivity contribution in [2.24, 2.45) is 0 Å². The van der Waals surface area contributed by atoms with Crippen molar-refractivity contribution < 1.29 is 23.1 Å². The highest BCUT2D eigenvalue weighted by atomic mass is 31.2. The molecule has 7 heteroatoms. The normalized spacial score (nSPS) is 12.3. The van der Waals surface area contributed by atoms with Crippen LogP contribution in [0, 0.1) is 0 Å². The molecule has 29 heavy (non-hydrogen) atoms. The second kappa shape index (κ2) is 13.6. The third-order valence-corrected chi connectivity index (χ3v) is 12.9. The van der Waals surface area contributed by atoms with E-state index in [0.29, 0.717) is 5.75 Å². The molecule has 1 N–H and O–H groups in total. The number of hydrogen-bond donors (Lipinski definition) is 1. The first kappa shape index (κ1) is 26.4. The fourth-order valence-electron chi connectivity index (χ4n) is 3.67. The van der Waals surface area contributed by atoms with Gasteiger partial charge in [-0.1, -0.05) is 40.0 Å². The van der Waals surface area contributed by atoms with E-state index >= 15 is 0 Å². The zero-order valence-electron chi connectivity index (χ0n) is 19.3. The zero-order chi connectivity index (χ0) is 21.8. The molecule has 1 aromatic carbocycles. The highest BCUT2D eigenvalue weighted by molar-refractivity contribution is 7.83. The average Bonchev–Trinajstić information content (AvgIpc) is 2.75. The Morgan fingerprint density at radius 1 is 0.828 bits per heavy atom. The Morgan fingerprint density at radius 2 is 1.31 bits per heavy atom. The highest BCUT2D eigenvalue weighted by Crippen LogP contribution is 2.61. The van der Waals surface area contributed by atoms with E-state index in [1.165, 1.54) is 62.3 Å². The van der Waals surface area contributed by atoms with Crippen LogP contribution in [-0.4, -0.2) is 60.0 Å². The molecule has 0 radical (unpaired) electrons. The van der Waals surface area contributed by atoms with Crippen molar-refractivity contribution in [3.05, 3.63) is 18.2 Å². The third kappa shape index (κ3) is 7.52. The molecule has 5 nitrogen and oxygen atoms in total. The van der Waals surface area contributed by atoms with Crippen molar-refractivity contribution in [3.63, 3.8) is 0 Å². The molecular formula is C22H42O5PSi+. The quantitative estimate of drug-likeness (QED) is 0.279. The Morgan fingerprint density at radius 3 is 1.72 bits per heavy atom. The Balaban J connectivity index is 3.35. The molecule has 0 spiro atoms. The minimum atomic E-state index is -2.84. The summed E-state index contributed by atoms with van der Waals surface area (Å²) in [6.07, 6.45) is 11.1. The predicted octanol–water partition coefficient (Wildman–Crippen LogP) is 5.23. The van der Waals surface area contributed by atoms with Gasteiger partial charge in [0.05, 0.1) is 25.7 Å². The van der Waals surface area contributed by atoms with Gasteiger partial charge in [0.25, 0.3) is 0 Å². The molecule has 0 amide bonds. The van der Waals surface area contributed by atoms with Crippen molar-refractivity contribution in [3.8, 4) is 11.5 Å². The summed E-state index contributed by atoms with van der Waals surface area (Å²) in [5, 5.41) is 11.6. The topological polar surface area (TPSA) is 57.2 Å². The van der Waals surface area contributed by atoms with Gasteiger partial charge in [0.1, 0.15) is 11.1 Å². The minimum absolute atomic E-state index is 0.254. The van der Waals surface area contributed by atoms with Gasteiger partial charge in [-0.05, 0) is 31.4 Å². The van der Waals surface area contributed by atoms with E-state index in [4.69, 9.17) is 18.0 Å². The van der Waals surface area contributed by atoms with Crippen LogP contribution in [0.2, 0.25) is 0 Å². The number of benzene rings is 1. The van der Waals surface area contributed by atoms with Crippen LogP contribution in [0.5, 0.6) is 11.5 Å². The fraction of sp³-hybridized carbons (Fsp3) is 0.727. The Bertz CT molecular complexity index is 550. The van der Waals surface area contributed by atoms with Gasteiger partial charge in [-0.15, -0.1) is 0 Å². The molecule has 168 valence electrons. The molecule has 0 aromatic heterocycles. The van der Waals surface area contributed by atoms with Gasteiger partial charge in [0.2, 0.25) is 0 Å². The van der Waals surface area contributed by atoms with Gasteiger partial charge in [-0.2, -0.15) is 0 Å². The number of ether oxygens (including phenoxy) is 1. The van der Waals surface area contributed by atoms with E-state index in [1.54, 1.807) is 27.4 Å². The summed E-state index contributed by atoms with van der Waals surface area (Å²) < 4.78 is 22.9. The van der Waals surface area contributed by atoms with Crippen molar-refractivity contribution in [1.82, 2.24) is 0 Å². The Hall–Kier alpha value is -0.653. The first-order chi connectivity index (χ1) is 14.0. The SMILES string of the molecule is CCCC[P+](CCCC)(CCCC)c1cc(O)ccc1OC[Si](OC)(OC)OC. The van der Waals surface area contributed by atoms with Crippen molar-refractivity contribution in [2.75, 3.05) is 46.0 Å². The number of unbranched alkanes of at least 4 members (excludes halogenated alkanes) is 3. The van der Waals surface area contributed by atoms with E-state index in [9.17, 15) is 5.11 Å². The van der Waals surface area contributed by atoms with Crippen LogP contribution in [-0.2, 0) is 13.3 Å². The molecule has 0 aliphatic heterocycles. The minimum Gasteiger partial charge on any atom is -0.508 e. The predicted molar refractivity (Wildman–Crippen MR) is 126 cm³/mol. The van der Waals surface area contributed by atoms with Gasteiger partial charge < -0.3 is 23.1 Å². The molecule has 0 heterocycles. The van der Waals surface area contributed by atoms with Crippen LogP contribution < -0.4 is 10.0 Å². The molecule has 1 rings (SSSR count). The van der Waals surface area contributed by atoms with Crippen LogP contribution in [0.15, 0.2) is 18.2 Å². The lowest BCUT2D eigenvalue weighted by molar-refractivity contribution is 0.100. The van der Waals surface area contributed by atoms with Crippen molar-refractivity contribution >= 4 is 21.4 Å². The maximum absolute atomic E-state index is 10.3. The van der Waals surface area contributed by atoms with Crippen LogP contribution in [0.25, 0.3) is 0 Å². The van der Waals surface area contributed by atoms with Gasteiger partial charge in [-0.3, -0.25) is 0 Å². The van der Waals surface area contributed by atoms with Crippen LogP contribution in [0.4, 0.5) is 0 Å². The first-order valence-corrected chi connectivity index (χ1v) is 15.2. The van der Waals surface area contributed by atoms with Gasteiger partial charge >= 0.3 is 8.80 Å². The lowest BCUT2D eigenvalue weighted by Gasteiger charge is -2.30. The third-order valence-electron chi connectivity index (χ3n) is 5.61. The average molecular weight is 446 g/mol. The van der Waals surface area contributed by atoms with Gasteiger partial charge in [0, 0.05) is 27.4 Å². The smallest absolute Gasteiger partial charge is 0.508 e. The monoisotopic (exact) mass is 445 g/mol. The summed E-state index contributed by atoms with van der Waals surface area (Å²) >= 11 is 0. The van der Waals surface area contributed by atoms with Gasteiger partial charge in [-0.25, -0.2) is 0 Å². The molecule has 0 saturated heterocycles. The maximum atomic E-state index is 10.3. The standard InChI is InChI=1S/C22H41O5PSi/c1-7-10-15-28(16-11-8-2,17-12-9-3)22-18-20(23)13-14-21(22)27-19-29(24-4,25-5)26-6/h13-14,18H,7-12,15-17,19H2,1-6H3/p+1. The molecule has 0 aliphatic carbocycles. The lowest BCUT2D eigenvalue weighted by Crippen LogP contribution is -2.49. The Kier molecular flexibility index (Phi) is 12.4. The van der Waals surface area contributed by atoms with Crippen LogP contribution >= 0.6 is 7.26 Å². The van der Waals surface area contributed by atoms with E-state index in [2.05, 4.69) is 20.8 Å². The largest absolute Gasteiger partial charge is 0.539 e. The fourth-order valence-corrected chi connectivity index (χ4v) is 10.0. The number of phenolic OH excluding ortho intramolecular Hbond substituents is 1. The molecular weight excluding hydrogens is 403 g/mol. The summed E-state index contributed by atoms with van der Waals surface area (Å²) in [6.45, 7) is 6.76. The summed E-state index contributed by atoms with van der Waals surface area (Å²) in [5.41, 5.74) is 0. The molecule has 0 aliphatic rings. The van der Waals surface area contributed by atoms with E-state index in [-0.39, 0.29) is 6.23 Å². The molecule has 0 saturated carbocycles. The van der Waals surface area contributed by atoms with Crippen molar-refractivity contribution in [1.29, 1.82) is 0 Å². The zero-order valence-corrected chi connectivity index (χ0v) is 21.2. The second-order valence-corrected chi connectivity index (χ2v) is 14.6. The Labute approximate surface area is 179 Å². The molecule has 0 bridgehead atoms. The number of hydrogen-bond acceptors (Lipinski definition) is 5. The summed E-state index contributed by atoms with van der Waals surface area (Å²) in [7, 11) is 0.489. The van der Waals surface area contributed by atoms with E-state index in [1.807, 2.05) is 12.1 Å². The lowest BCUT2D eigenvalue weighted by atomic mass is 10.3. The second-order valence-electron chi connectivity index (χ2n) is 7.61. The molecule has 1 aromatic rings. The maximum Gasteiger partial charge on any atom is 0.539 e. The van der Waals surface area contributed by atoms with Crippen LogP contribution in [0.1, 0.15) is 59.3 Å². The first-order valence-electron chi connectivity index (χ1n) is 10.9. The van der Waals surface area contributed by atoms with Gasteiger partial charge in [0.15, 0.2) is 12.0 Å². The number of aromatic hydroxyl groups is 1. The number of rotatable bonds is 16. The summed E-state index contributed by atoms with van der Waals surface area (Å²) in [5.74, 6) is 1.16.